The van der Waals surface area contributed by atoms with Gasteiger partial charge in [0, 0.05) is 5.92 Å². The van der Waals surface area contributed by atoms with Gasteiger partial charge in [-0.25, -0.2) is 0 Å². The normalized spacial score (nSPS) is 36.9. The minimum atomic E-state index is 0.306. The SMILES string of the molecule is CC(C)=COC(C)C1CC2CCC1O2. The summed E-state index contributed by atoms with van der Waals surface area (Å²) in [6.45, 7) is 6.28. The van der Waals surface area contributed by atoms with Crippen LogP contribution >= 0.6 is 0 Å². The average Bonchev–Trinajstić information content (AvgIpc) is 2.74. The van der Waals surface area contributed by atoms with Gasteiger partial charge in [0.2, 0.25) is 0 Å². The standard InChI is InChI=1S/C12H20O2/c1-8(2)7-13-9(3)11-6-10-4-5-12(11)14-10/h7,9-12H,4-6H2,1-3H3. The zero-order valence-corrected chi connectivity index (χ0v) is 9.32. The van der Waals surface area contributed by atoms with Gasteiger partial charge in [0.1, 0.15) is 6.10 Å². The first-order valence-corrected chi connectivity index (χ1v) is 5.61. The van der Waals surface area contributed by atoms with Gasteiger partial charge >= 0.3 is 0 Å². The first kappa shape index (κ1) is 10.0. The summed E-state index contributed by atoms with van der Waals surface area (Å²) in [6, 6.07) is 0. The Morgan fingerprint density at radius 2 is 2.21 bits per heavy atom. The highest BCUT2D eigenvalue weighted by Crippen LogP contribution is 2.41. The summed E-state index contributed by atoms with van der Waals surface area (Å²) in [5.41, 5.74) is 1.22. The van der Waals surface area contributed by atoms with Crippen molar-refractivity contribution in [2.24, 2.45) is 5.92 Å². The van der Waals surface area contributed by atoms with E-state index in [-0.39, 0.29) is 0 Å². The predicted octanol–water partition coefficient (Wildman–Crippen LogP) is 2.88. The van der Waals surface area contributed by atoms with Crippen molar-refractivity contribution in [1.82, 2.24) is 0 Å². The fourth-order valence-corrected chi connectivity index (χ4v) is 2.52. The van der Waals surface area contributed by atoms with Crippen molar-refractivity contribution in [3.63, 3.8) is 0 Å². The van der Waals surface area contributed by atoms with Gasteiger partial charge in [-0.1, -0.05) is 0 Å². The highest BCUT2D eigenvalue weighted by atomic mass is 16.5. The average molecular weight is 196 g/mol. The number of rotatable bonds is 3. The van der Waals surface area contributed by atoms with Crippen LogP contribution in [0.15, 0.2) is 11.8 Å². The van der Waals surface area contributed by atoms with E-state index >= 15 is 0 Å². The molecule has 0 saturated carbocycles. The van der Waals surface area contributed by atoms with Gasteiger partial charge < -0.3 is 9.47 Å². The monoisotopic (exact) mass is 196 g/mol. The Hall–Kier alpha value is -0.500. The van der Waals surface area contributed by atoms with Crippen molar-refractivity contribution in [3.05, 3.63) is 11.8 Å². The molecular weight excluding hydrogens is 176 g/mol. The molecule has 80 valence electrons. The van der Waals surface area contributed by atoms with Gasteiger partial charge in [-0.3, -0.25) is 0 Å². The van der Waals surface area contributed by atoms with Gasteiger partial charge in [0.05, 0.1) is 18.5 Å². The molecule has 2 heteroatoms. The van der Waals surface area contributed by atoms with Crippen molar-refractivity contribution >= 4 is 0 Å². The number of hydrogen-bond donors (Lipinski definition) is 0. The Labute approximate surface area is 86.3 Å². The molecule has 0 aromatic rings. The second-order valence-electron chi connectivity index (χ2n) is 4.81. The molecule has 0 amide bonds. The lowest BCUT2D eigenvalue weighted by molar-refractivity contribution is 0.0420. The molecule has 0 aromatic heterocycles. The van der Waals surface area contributed by atoms with Crippen LogP contribution in [0.4, 0.5) is 0 Å². The molecule has 14 heavy (non-hydrogen) atoms. The molecule has 2 rings (SSSR count). The third kappa shape index (κ3) is 1.95. The molecule has 0 radical (unpaired) electrons. The Morgan fingerprint density at radius 1 is 1.43 bits per heavy atom. The molecule has 4 unspecified atom stereocenters. The van der Waals surface area contributed by atoms with E-state index in [9.17, 15) is 0 Å². The lowest BCUT2D eigenvalue weighted by atomic mass is 9.86. The van der Waals surface area contributed by atoms with E-state index in [0.717, 1.165) is 0 Å². The van der Waals surface area contributed by atoms with Gasteiger partial charge in [0.25, 0.3) is 0 Å². The van der Waals surface area contributed by atoms with Crippen LogP contribution in [0.5, 0.6) is 0 Å². The molecule has 2 aliphatic rings. The quantitative estimate of drug-likeness (QED) is 0.646. The summed E-state index contributed by atoms with van der Waals surface area (Å²) in [4.78, 5) is 0. The summed E-state index contributed by atoms with van der Waals surface area (Å²) in [5, 5.41) is 0. The van der Waals surface area contributed by atoms with Crippen LogP contribution in [0.2, 0.25) is 0 Å². The number of hydrogen-bond acceptors (Lipinski definition) is 2. The van der Waals surface area contributed by atoms with E-state index in [1.165, 1.54) is 24.8 Å². The van der Waals surface area contributed by atoms with Gasteiger partial charge in [0.15, 0.2) is 0 Å². The summed E-state index contributed by atoms with van der Waals surface area (Å²) >= 11 is 0. The third-order valence-corrected chi connectivity index (χ3v) is 3.27. The van der Waals surface area contributed by atoms with Crippen LogP contribution in [-0.2, 0) is 9.47 Å². The van der Waals surface area contributed by atoms with Crippen molar-refractivity contribution in [2.45, 2.75) is 58.3 Å². The molecule has 2 bridgehead atoms. The van der Waals surface area contributed by atoms with Crippen molar-refractivity contribution < 1.29 is 9.47 Å². The zero-order valence-electron chi connectivity index (χ0n) is 9.32. The molecule has 2 nitrogen and oxygen atoms in total. The van der Waals surface area contributed by atoms with Gasteiger partial charge in [-0.15, -0.1) is 0 Å². The molecule has 0 aromatic carbocycles. The van der Waals surface area contributed by atoms with Crippen LogP contribution in [-0.4, -0.2) is 18.3 Å². The topological polar surface area (TPSA) is 18.5 Å². The van der Waals surface area contributed by atoms with Crippen LogP contribution in [0.25, 0.3) is 0 Å². The van der Waals surface area contributed by atoms with Crippen LogP contribution in [0.1, 0.15) is 40.0 Å². The first-order chi connectivity index (χ1) is 6.66. The number of ether oxygens (including phenoxy) is 2. The molecule has 2 heterocycles. The zero-order chi connectivity index (χ0) is 10.1. The molecular formula is C12H20O2. The van der Waals surface area contributed by atoms with E-state index < -0.39 is 0 Å². The number of allylic oxidation sites excluding steroid dienone is 1. The van der Waals surface area contributed by atoms with E-state index in [4.69, 9.17) is 9.47 Å². The Morgan fingerprint density at radius 3 is 2.71 bits per heavy atom. The Balaban J connectivity index is 1.86. The smallest absolute Gasteiger partial charge is 0.100 e. The number of fused-ring (bicyclic) bond motifs is 2. The van der Waals surface area contributed by atoms with Crippen LogP contribution in [0.3, 0.4) is 0 Å². The molecule has 2 fully saturated rings. The van der Waals surface area contributed by atoms with E-state index in [1.54, 1.807) is 0 Å². The molecule has 4 atom stereocenters. The molecule has 0 N–H and O–H groups in total. The van der Waals surface area contributed by atoms with E-state index in [2.05, 4.69) is 20.8 Å². The van der Waals surface area contributed by atoms with Crippen LogP contribution in [0, 0.1) is 5.92 Å². The maximum Gasteiger partial charge on any atom is 0.100 e. The van der Waals surface area contributed by atoms with Gasteiger partial charge in [-0.05, 0) is 45.6 Å². The maximum absolute atomic E-state index is 5.81. The summed E-state index contributed by atoms with van der Waals surface area (Å²) in [6.07, 6.45) is 6.87. The van der Waals surface area contributed by atoms with Crippen molar-refractivity contribution in [1.29, 1.82) is 0 Å². The lowest BCUT2D eigenvalue weighted by Gasteiger charge is -2.24. The fraction of sp³-hybridized carbons (Fsp3) is 0.833. The highest BCUT2D eigenvalue weighted by Gasteiger charge is 2.43. The fourth-order valence-electron chi connectivity index (χ4n) is 2.52. The summed E-state index contributed by atoms with van der Waals surface area (Å²) in [7, 11) is 0. The molecule has 2 saturated heterocycles. The lowest BCUT2D eigenvalue weighted by Crippen LogP contribution is -2.28. The third-order valence-electron chi connectivity index (χ3n) is 3.27. The highest BCUT2D eigenvalue weighted by molar-refractivity contribution is 4.94. The van der Waals surface area contributed by atoms with Crippen LogP contribution < -0.4 is 0 Å². The second kappa shape index (κ2) is 3.93. The predicted molar refractivity (Wildman–Crippen MR) is 56.0 cm³/mol. The summed E-state index contributed by atoms with van der Waals surface area (Å²) in [5.74, 6) is 0.615. The Kier molecular flexibility index (Phi) is 2.82. The maximum atomic E-state index is 5.81. The van der Waals surface area contributed by atoms with Crippen molar-refractivity contribution in [3.8, 4) is 0 Å². The summed E-state index contributed by atoms with van der Waals surface area (Å²) < 4.78 is 11.5. The molecule has 2 aliphatic heterocycles. The molecule has 0 aliphatic carbocycles. The first-order valence-electron chi connectivity index (χ1n) is 5.61. The van der Waals surface area contributed by atoms with Gasteiger partial charge in [-0.2, -0.15) is 0 Å². The van der Waals surface area contributed by atoms with E-state index in [1.807, 2.05) is 6.26 Å². The second-order valence-corrected chi connectivity index (χ2v) is 4.81. The minimum absolute atomic E-state index is 0.306. The largest absolute Gasteiger partial charge is 0.498 e. The van der Waals surface area contributed by atoms with E-state index in [0.29, 0.717) is 24.2 Å². The van der Waals surface area contributed by atoms with Crippen molar-refractivity contribution in [2.75, 3.05) is 0 Å². The molecule has 0 spiro atoms. The minimum Gasteiger partial charge on any atom is -0.498 e. The Bertz CT molecular complexity index is 230.